The molecule has 5 heteroatoms. The van der Waals surface area contributed by atoms with Crippen LogP contribution < -0.4 is 0 Å². The van der Waals surface area contributed by atoms with Gasteiger partial charge in [0.05, 0.1) is 5.56 Å². The summed E-state index contributed by atoms with van der Waals surface area (Å²) in [6.07, 6.45) is 2.44. The highest BCUT2D eigenvalue weighted by molar-refractivity contribution is 5.87. The number of carbonyl (C=O) groups is 1. The first-order chi connectivity index (χ1) is 12.6. The van der Waals surface area contributed by atoms with Crippen LogP contribution in [0, 0.1) is 6.92 Å². The van der Waals surface area contributed by atoms with Crippen molar-refractivity contribution in [3.63, 3.8) is 0 Å². The van der Waals surface area contributed by atoms with Crippen LogP contribution in [0.4, 0.5) is 0 Å². The Bertz CT molecular complexity index is 1100. The highest BCUT2D eigenvalue weighted by Crippen LogP contribution is 2.24. The number of hydrogen-bond acceptors (Lipinski definition) is 3. The predicted octanol–water partition coefficient (Wildman–Crippen LogP) is 3.99. The van der Waals surface area contributed by atoms with Gasteiger partial charge < -0.3 is 5.11 Å². The van der Waals surface area contributed by atoms with E-state index in [0.717, 1.165) is 22.3 Å². The minimum atomic E-state index is -0.926. The molecule has 2 heterocycles. The third kappa shape index (κ3) is 3.07. The van der Waals surface area contributed by atoms with Crippen LogP contribution in [0.1, 0.15) is 27.3 Å². The molecule has 0 spiro atoms. The number of rotatable bonds is 4. The van der Waals surface area contributed by atoms with Gasteiger partial charge in [-0.15, -0.1) is 0 Å². The number of pyridine rings is 1. The fourth-order valence-electron chi connectivity index (χ4n) is 3.01. The maximum Gasteiger partial charge on any atom is 0.335 e. The van der Waals surface area contributed by atoms with E-state index in [4.69, 9.17) is 10.1 Å². The summed E-state index contributed by atoms with van der Waals surface area (Å²) in [6.45, 7) is 2.07. The van der Waals surface area contributed by atoms with E-state index in [0.29, 0.717) is 12.2 Å². The van der Waals surface area contributed by atoms with Crippen molar-refractivity contribution >= 4 is 11.6 Å². The second kappa shape index (κ2) is 6.44. The smallest absolute Gasteiger partial charge is 0.335 e. The molecule has 0 saturated heterocycles. The maximum absolute atomic E-state index is 11.0. The van der Waals surface area contributed by atoms with Crippen LogP contribution in [0.5, 0.6) is 0 Å². The molecular formula is C21H17N3O2. The summed E-state index contributed by atoms with van der Waals surface area (Å²) in [6, 6.07) is 19.1. The minimum Gasteiger partial charge on any atom is -0.478 e. The SMILES string of the molecule is Cc1cccc(-c2cccn3nc(Cc4ccc(C(=O)O)cc4)nc23)c1. The molecule has 0 fully saturated rings. The zero-order chi connectivity index (χ0) is 18.1. The molecule has 4 aromatic rings. The van der Waals surface area contributed by atoms with Gasteiger partial charge in [-0.25, -0.2) is 14.3 Å². The van der Waals surface area contributed by atoms with Gasteiger partial charge in [0.25, 0.3) is 0 Å². The van der Waals surface area contributed by atoms with Gasteiger partial charge in [0.1, 0.15) is 0 Å². The number of aryl methyl sites for hydroxylation is 1. The summed E-state index contributed by atoms with van der Waals surface area (Å²) in [5.74, 6) is -0.224. The Morgan fingerprint density at radius 1 is 1.08 bits per heavy atom. The molecule has 0 bridgehead atoms. The summed E-state index contributed by atoms with van der Waals surface area (Å²) in [5, 5.41) is 13.6. The molecule has 4 rings (SSSR count). The number of nitrogens with zero attached hydrogens (tertiary/aromatic N) is 3. The Morgan fingerprint density at radius 2 is 1.88 bits per heavy atom. The molecule has 0 radical (unpaired) electrons. The normalized spacial score (nSPS) is 11.0. The third-order valence-electron chi connectivity index (χ3n) is 4.30. The van der Waals surface area contributed by atoms with E-state index in [1.165, 1.54) is 5.56 Å². The van der Waals surface area contributed by atoms with Gasteiger partial charge in [0, 0.05) is 18.2 Å². The molecule has 0 unspecified atom stereocenters. The van der Waals surface area contributed by atoms with Crippen molar-refractivity contribution in [1.29, 1.82) is 0 Å². The average molecular weight is 343 g/mol. The lowest BCUT2D eigenvalue weighted by molar-refractivity contribution is 0.0697. The first kappa shape index (κ1) is 16.0. The van der Waals surface area contributed by atoms with Crippen molar-refractivity contribution < 1.29 is 9.90 Å². The fourth-order valence-corrected chi connectivity index (χ4v) is 3.01. The molecule has 1 N–H and O–H groups in total. The maximum atomic E-state index is 11.0. The molecule has 0 aliphatic rings. The van der Waals surface area contributed by atoms with Gasteiger partial charge in [0.2, 0.25) is 0 Å². The average Bonchev–Trinajstić information content (AvgIpc) is 3.04. The van der Waals surface area contributed by atoms with E-state index >= 15 is 0 Å². The molecule has 0 amide bonds. The topological polar surface area (TPSA) is 67.5 Å². The zero-order valence-corrected chi connectivity index (χ0v) is 14.3. The lowest BCUT2D eigenvalue weighted by Gasteiger charge is -2.03. The van der Waals surface area contributed by atoms with Crippen molar-refractivity contribution in [2.75, 3.05) is 0 Å². The summed E-state index contributed by atoms with van der Waals surface area (Å²) in [7, 11) is 0. The number of carboxylic acids is 1. The van der Waals surface area contributed by atoms with Gasteiger partial charge >= 0.3 is 5.97 Å². The van der Waals surface area contributed by atoms with E-state index in [2.05, 4.69) is 30.2 Å². The van der Waals surface area contributed by atoms with E-state index in [-0.39, 0.29) is 5.56 Å². The summed E-state index contributed by atoms with van der Waals surface area (Å²) < 4.78 is 1.79. The number of fused-ring (bicyclic) bond motifs is 1. The van der Waals surface area contributed by atoms with E-state index in [1.807, 2.05) is 24.4 Å². The van der Waals surface area contributed by atoms with Crippen molar-refractivity contribution in [2.24, 2.45) is 0 Å². The molecular weight excluding hydrogens is 326 g/mol. The van der Waals surface area contributed by atoms with Crippen LogP contribution in [-0.4, -0.2) is 25.7 Å². The standard InChI is InChI=1S/C21H17N3O2/c1-14-4-2-5-17(12-14)18-6-3-11-24-20(18)22-19(23-24)13-15-7-9-16(10-8-15)21(25)26/h2-12H,13H2,1H3,(H,25,26). The van der Waals surface area contributed by atoms with E-state index in [1.54, 1.807) is 28.8 Å². The summed E-state index contributed by atoms with van der Waals surface area (Å²) >= 11 is 0. The third-order valence-corrected chi connectivity index (χ3v) is 4.30. The molecule has 2 aromatic heterocycles. The Kier molecular flexibility index (Phi) is 3.97. The fraction of sp³-hybridized carbons (Fsp3) is 0.0952. The quantitative estimate of drug-likeness (QED) is 0.608. The van der Waals surface area contributed by atoms with Gasteiger partial charge in [-0.1, -0.05) is 42.0 Å². The van der Waals surface area contributed by atoms with Gasteiger partial charge in [-0.2, -0.15) is 5.10 Å². The monoisotopic (exact) mass is 343 g/mol. The van der Waals surface area contributed by atoms with E-state index in [9.17, 15) is 4.79 Å². The first-order valence-electron chi connectivity index (χ1n) is 8.34. The van der Waals surface area contributed by atoms with Crippen molar-refractivity contribution in [3.05, 3.63) is 89.4 Å². The van der Waals surface area contributed by atoms with Crippen LogP contribution in [0.25, 0.3) is 16.8 Å². The molecule has 0 aliphatic heterocycles. The van der Waals surface area contributed by atoms with Gasteiger partial charge in [0.15, 0.2) is 11.5 Å². The van der Waals surface area contributed by atoms with Crippen molar-refractivity contribution in [1.82, 2.24) is 14.6 Å². The lowest BCUT2D eigenvalue weighted by atomic mass is 10.0. The molecule has 5 nitrogen and oxygen atoms in total. The van der Waals surface area contributed by atoms with Crippen LogP contribution in [0.3, 0.4) is 0 Å². The number of carboxylic acid groups (broad SMARTS) is 1. The molecule has 26 heavy (non-hydrogen) atoms. The van der Waals surface area contributed by atoms with Crippen molar-refractivity contribution in [3.8, 4) is 11.1 Å². The molecule has 0 saturated carbocycles. The molecule has 0 atom stereocenters. The second-order valence-corrected chi connectivity index (χ2v) is 6.27. The number of aromatic carboxylic acids is 1. The Balaban J connectivity index is 1.69. The predicted molar refractivity (Wildman–Crippen MR) is 99.4 cm³/mol. The van der Waals surface area contributed by atoms with Crippen LogP contribution in [0.15, 0.2) is 66.9 Å². The van der Waals surface area contributed by atoms with Crippen molar-refractivity contribution in [2.45, 2.75) is 13.3 Å². The Labute approximate surface area is 150 Å². The highest BCUT2D eigenvalue weighted by Gasteiger charge is 2.11. The van der Waals surface area contributed by atoms with Crippen LogP contribution in [-0.2, 0) is 6.42 Å². The van der Waals surface area contributed by atoms with Gasteiger partial charge in [-0.3, -0.25) is 0 Å². The molecule has 128 valence electrons. The Morgan fingerprint density at radius 3 is 2.62 bits per heavy atom. The van der Waals surface area contributed by atoms with Crippen LogP contribution in [0.2, 0.25) is 0 Å². The summed E-state index contributed by atoms with van der Waals surface area (Å²) in [5.41, 5.74) is 5.41. The second-order valence-electron chi connectivity index (χ2n) is 6.27. The van der Waals surface area contributed by atoms with Crippen LogP contribution >= 0.6 is 0 Å². The number of benzene rings is 2. The first-order valence-corrected chi connectivity index (χ1v) is 8.34. The minimum absolute atomic E-state index is 0.276. The van der Waals surface area contributed by atoms with Gasteiger partial charge in [-0.05, 0) is 42.3 Å². The molecule has 2 aromatic carbocycles. The van der Waals surface area contributed by atoms with E-state index < -0.39 is 5.97 Å². The largest absolute Gasteiger partial charge is 0.478 e. The zero-order valence-electron chi connectivity index (χ0n) is 14.3. The number of aromatic nitrogens is 3. The Hall–Kier alpha value is -3.47. The lowest BCUT2D eigenvalue weighted by Crippen LogP contribution is -1.97. The molecule has 0 aliphatic carbocycles. The highest BCUT2D eigenvalue weighted by atomic mass is 16.4. The number of hydrogen-bond donors (Lipinski definition) is 1. The summed E-state index contributed by atoms with van der Waals surface area (Å²) in [4.78, 5) is 15.7.